The summed E-state index contributed by atoms with van der Waals surface area (Å²) in [6.45, 7) is 1.40. The fraction of sp³-hybridized carbons (Fsp3) is 0.176. The first-order valence-corrected chi connectivity index (χ1v) is 7.03. The highest BCUT2D eigenvalue weighted by Crippen LogP contribution is 2.31. The molecule has 22 heavy (non-hydrogen) atoms. The molecule has 1 aromatic carbocycles. The summed E-state index contributed by atoms with van der Waals surface area (Å²) >= 11 is 0. The summed E-state index contributed by atoms with van der Waals surface area (Å²) in [5, 5.41) is 0. The summed E-state index contributed by atoms with van der Waals surface area (Å²) in [4.78, 5) is 15.3. The average Bonchev–Trinajstić information content (AvgIpc) is 2.49. The van der Waals surface area contributed by atoms with Crippen LogP contribution in [-0.4, -0.2) is 11.0 Å². The average molecular weight is 296 g/mol. The number of aryl methyl sites for hydroxylation is 1. The summed E-state index contributed by atoms with van der Waals surface area (Å²) in [5.74, 6) is 1.48. The molecule has 0 bridgehead atoms. The van der Waals surface area contributed by atoms with Crippen LogP contribution in [0.2, 0.25) is 0 Å². The lowest BCUT2D eigenvalue weighted by atomic mass is 9.95. The zero-order valence-electron chi connectivity index (χ0n) is 12.2. The Balaban J connectivity index is 1.83. The van der Waals surface area contributed by atoms with Crippen LogP contribution in [0.15, 0.2) is 42.6 Å². The number of rotatable bonds is 3. The van der Waals surface area contributed by atoms with Crippen LogP contribution in [0.3, 0.4) is 0 Å². The van der Waals surface area contributed by atoms with E-state index < -0.39 is 0 Å². The van der Waals surface area contributed by atoms with Crippen molar-refractivity contribution in [3.05, 3.63) is 53.7 Å². The second kappa shape index (κ2) is 5.89. The minimum Gasteiger partial charge on any atom is -0.439 e. The third-order valence-corrected chi connectivity index (χ3v) is 3.32. The van der Waals surface area contributed by atoms with E-state index >= 15 is 0 Å². The number of ether oxygens (including phenoxy) is 2. The van der Waals surface area contributed by atoms with E-state index in [4.69, 9.17) is 15.2 Å². The van der Waals surface area contributed by atoms with Crippen LogP contribution in [0.1, 0.15) is 24.5 Å². The number of esters is 1. The van der Waals surface area contributed by atoms with Gasteiger partial charge in [-0.25, -0.2) is 4.98 Å². The Morgan fingerprint density at radius 1 is 1.27 bits per heavy atom. The first kappa shape index (κ1) is 14.1. The molecular weight excluding hydrogens is 280 g/mol. The largest absolute Gasteiger partial charge is 0.439 e. The number of allylic oxidation sites excluding steroid dienone is 1. The molecule has 0 fully saturated rings. The van der Waals surface area contributed by atoms with Crippen molar-refractivity contribution < 1.29 is 14.3 Å². The van der Waals surface area contributed by atoms with Gasteiger partial charge in [-0.05, 0) is 48.7 Å². The van der Waals surface area contributed by atoms with Gasteiger partial charge < -0.3 is 15.2 Å². The van der Waals surface area contributed by atoms with Gasteiger partial charge in [0.1, 0.15) is 11.5 Å². The SMILES string of the molecule is CC(=O)OC1=CCCc2cc(Oc3ccc(N)cn3)ccc21. The van der Waals surface area contributed by atoms with E-state index in [1.54, 1.807) is 18.3 Å². The molecule has 1 heterocycles. The lowest BCUT2D eigenvalue weighted by molar-refractivity contribution is -0.134. The summed E-state index contributed by atoms with van der Waals surface area (Å²) < 4.78 is 11.0. The van der Waals surface area contributed by atoms with Crippen LogP contribution in [0.4, 0.5) is 5.69 Å². The molecule has 3 rings (SSSR count). The molecule has 1 aromatic heterocycles. The number of carbonyl (C=O) groups is 1. The quantitative estimate of drug-likeness (QED) is 0.879. The second-order valence-corrected chi connectivity index (χ2v) is 5.05. The minimum absolute atomic E-state index is 0.314. The van der Waals surface area contributed by atoms with Crippen molar-refractivity contribution in [1.29, 1.82) is 0 Å². The maximum Gasteiger partial charge on any atom is 0.308 e. The molecule has 2 aromatic rings. The summed E-state index contributed by atoms with van der Waals surface area (Å²) in [5.41, 5.74) is 8.21. The lowest BCUT2D eigenvalue weighted by Gasteiger charge is -2.18. The van der Waals surface area contributed by atoms with Gasteiger partial charge in [0.2, 0.25) is 5.88 Å². The van der Waals surface area contributed by atoms with Gasteiger partial charge in [-0.3, -0.25) is 4.79 Å². The Labute approximate surface area is 128 Å². The molecule has 0 saturated heterocycles. The molecule has 1 aliphatic carbocycles. The van der Waals surface area contributed by atoms with Gasteiger partial charge in [-0.2, -0.15) is 0 Å². The van der Waals surface area contributed by atoms with Gasteiger partial charge in [0.25, 0.3) is 0 Å². The number of nitrogen functional groups attached to an aromatic ring is 1. The zero-order valence-corrected chi connectivity index (χ0v) is 12.2. The summed E-state index contributed by atoms with van der Waals surface area (Å²) in [7, 11) is 0. The van der Waals surface area contributed by atoms with Crippen LogP contribution >= 0.6 is 0 Å². The summed E-state index contributed by atoms with van der Waals surface area (Å²) in [6, 6.07) is 9.14. The summed E-state index contributed by atoms with van der Waals surface area (Å²) in [6.07, 6.45) is 5.20. The Morgan fingerprint density at radius 3 is 2.86 bits per heavy atom. The molecule has 1 aliphatic rings. The molecule has 5 heteroatoms. The Hall–Kier alpha value is -2.82. The standard InChI is InChI=1S/C17H16N2O3/c1-11(20)21-16-4-2-3-12-9-14(6-7-15(12)16)22-17-8-5-13(18)10-19-17/h4-10H,2-3,18H2,1H3. The fourth-order valence-electron chi connectivity index (χ4n) is 2.37. The van der Waals surface area contributed by atoms with Gasteiger partial charge in [0, 0.05) is 18.6 Å². The number of hydrogen-bond acceptors (Lipinski definition) is 5. The lowest BCUT2D eigenvalue weighted by Crippen LogP contribution is -2.05. The fourth-order valence-corrected chi connectivity index (χ4v) is 2.37. The molecule has 0 spiro atoms. The molecule has 0 amide bonds. The molecule has 5 nitrogen and oxygen atoms in total. The number of benzene rings is 1. The normalized spacial score (nSPS) is 13.0. The van der Waals surface area contributed by atoms with Crippen molar-refractivity contribution in [3.8, 4) is 11.6 Å². The second-order valence-electron chi connectivity index (χ2n) is 5.05. The number of nitrogens with zero attached hydrogens (tertiary/aromatic N) is 1. The number of carbonyl (C=O) groups excluding carboxylic acids is 1. The van der Waals surface area contributed by atoms with Crippen LogP contribution in [-0.2, 0) is 16.0 Å². The maximum absolute atomic E-state index is 11.2. The predicted molar refractivity (Wildman–Crippen MR) is 83.2 cm³/mol. The van der Waals surface area contributed by atoms with E-state index in [0.29, 0.717) is 23.1 Å². The number of hydrogen-bond donors (Lipinski definition) is 1. The number of pyridine rings is 1. The highest BCUT2D eigenvalue weighted by Gasteiger charge is 2.16. The monoisotopic (exact) mass is 296 g/mol. The maximum atomic E-state index is 11.2. The topological polar surface area (TPSA) is 74.4 Å². The smallest absolute Gasteiger partial charge is 0.308 e. The van der Waals surface area contributed by atoms with Gasteiger partial charge in [0.05, 0.1) is 11.9 Å². The number of nitrogens with two attached hydrogens (primary N) is 1. The van der Waals surface area contributed by atoms with Crippen LogP contribution in [0, 0.1) is 0 Å². The van der Waals surface area contributed by atoms with Crippen molar-refractivity contribution in [3.63, 3.8) is 0 Å². The van der Waals surface area contributed by atoms with Crippen LogP contribution < -0.4 is 10.5 Å². The van der Waals surface area contributed by atoms with Crippen LogP contribution in [0.5, 0.6) is 11.6 Å². The van der Waals surface area contributed by atoms with Gasteiger partial charge in [-0.15, -0.1) is 0 Å². The number of anilines is 1. The molecule has 0 unspecified atom stereocenters. The Morgan fingerprint density at radius 2 is 2.14 bits per heavy atom. The molecule has 0 radical (unpaired) electrons. The van der Waals surface area contributed by atoms with Gasteiger partial charge in [-0.1, -0.05) is 0 Å². The minimum atomic E-state index is -0.314. The van der Waals surface area contributed by atoms with E-state index in [-0.39, 0.29) is 5.97 Å². The first-order valence-electron chi connectivity index (χ1n) is 7.03. The van der Waals surface area contributed by atoms with Crippen molar-refractivity contribution in [1.82, 2.24) is 4.98 Å². The predicted octanol–water partition coefficient (Wildman–Crippen LogP) is 3.31. The third kappa shape index (κ3) is 3.09. The zero-order chi connectivity index (χ0) is 15.5. The first-order chi connectivity index (χ1) is 10.6. The van der Waals surface area contributed by atoms with Crippen molar-refractivity contribution in [2.45, 2.75) is 19.8 Å². The van der Waals surface area contributed by atoms with E-state index in [1.165, 1.54) is 6.92 Å². The molecule has 0 saturated carbocycles. The van der Waals surface area contributed by atoms with Gasteiger partial charge in [0.15, 0.2) is 0 Å². The van der Waals surface area contributed by atoms with E-state index in [9.17, 15) is 4.79 Å². The van der Waals surface area contributed by atoms with Gasteiger partial charge >= 0.3 is 5.97 Å². The molecular formula is C17H16N2O3. The molecule has 0 atom stereocenters. The van der Waals surface area contributed by atoms with Crippen molar-refractivity contribution >= 4 is 17.4 Å². The molecule has 0 aliphatic heterocycles. The van der Waals surface area contributed by atoms with E-state index in [2.05, 4.69) is 4.98 Å². The molecule has 112 valence electrons. The van der Waals surface area contributed by atoms with Crippen molar-refractivity contribution in [2.75, 3.05) is 5.73 Å². The Bertz CT molecular complexity index is 736. The molecule has 2 N–H and O–H groups in total. The van der Waals surface area contributed by atoms with Crippen LogP contribution in [0.25, 0.3) is 5.76 Å². The Kier molecular flexibility index (Phi) is 3.78. The highest BCUT2D eigenvalue weighted by atomic mass is 16.5. The van der Waals surface area contributed by atoms with E-state index in [0.717, 1.165) is 24.0 Å². The number of fused-ring (bicyclic) bond motifs is 1. The van der Waals surface area contributed by atoms with E-state index in [1.807, 2.05) is 24.3 Å². The highest BCUT2D eigenvalue weighted by molar-refractivity contribution is 5.78. The number of aromatic nitrogens is 1. The third-order valence-electron chi connectivity index (χ3n) is 3.32. The van der Waals surface area contributed by atoms with Crippen molar-refractivity contribution in [2.24, 2.45) is 0 Å².